The van der Waals surface area contributed by atoms with Crippen molar-refractivity contribution in [2.75, 3.05) is 5.43 Å². The van der Waals surface area contributed by atoms with E-state index < -0.39 is 5.84 Å². The van der Waals surface area contributed by atoms with Crippen LogP contribution in [0.15, 0.2) is 52.0 Å². The van der Waals surface area contributed by atoms with E-state index in [4.69, 9.17) is 20.8 Å². The number of hydrogen-bond donors (Lipinski definition) is 3. The fourth-order valence-electron chi connectivity index (χ4n) is 2.50. The molecule has 0 radical (unpaired) electrons. The fraction of sp³-hybridized carbons (Fsp3) is 0.200. The van der Waals surface area contributed by atoms with E-state index in [0.717, 1.165) is 5.56 Å². The molecule has 7 heteroatoms. The number of aromatic nitrogens is 1. The first-order valence-corrected chi connectivity index (χ1v) is 8.37. The number of fused-ring (bicyclic) bond motifs is 1. The average Bonchev–Trinajstić information content (AvgIpc) is 3.04. The number of amidine groups is 1. The summed E-state index contributed by atoms with van der Waals surface area (Å²) in [5.41, 5.74) is 11.9. The maximum atomic E-state index is 8.88. The molecule has 3 rings (SSSR count). The minimum atomic E-state index is -0.395. The molecule has 0 fully saturated rings. The lowest BCUT2D eigenvalue weighted by Crippen LogP contribution is -2.21. The van der Waals surface area contributed by atoms with Crippen molar-refractivity contribution < 1.29 is 4.42 Å². The first kappa shape index (κ1) is 18.1. The highest BCUT2D eigenvalue weighted by Gasteiger charge is 2.14. The zero-order chi connectivity index (χ0) is 19.6. The number of nitriles is 1. The van der Waals surface area contributed by atoms with E-state index in [9.17, 15) is 0 Å². The van der Waals surface area contributed by atoms with Gasteiger partial charge in [-0.3, -0.25) is 10.8 Å². The summed E-state index contributed by atoms with van der Waals surface area (Å²) in [5.74, 6) is 0.140. The predicted molar refractivity (Wildman–Crippen MR) is 107 cm³/mol. The van der Waals surface area contributed by atoms with Crippen molar-refractivity contribution in [2.45, 2.75) is 26.2 Å². The number of nitrogens with two attached hydrogens (primary N) is 1. The van der Waals surface area contributed by atoms with Crippen LogP contribution >= 0.6 is 0 Å². The molecule has 0 amide bonds. The molecular weight excluding hydrogens is 340 g/mol. The second-order valence-corrected chi connectivity index (χ2v) is 7.13. The lowest BCUT2D eigenvalue weighted by Gasteiger charge is -2.18. The Morgan fingerprint density at radius 2 is 1.93 bits per heavy atom. The summed E-state index contributed by atoms with van der Waals surface area (Å²) in [6.07, 6.45) is 0. The van der Waals surface area contributed by atoms with E-state index in [-0.39, 0.29) is 11.1 Å². The molecule has 0 aliphatic heterocycles. The highest BCUT2D eigenvalue weighted by atomic mass is 16.3. The van der Waals surface area contributed by atoms with Crippen LogP contribution in [0, 0.1) is 16.7 Å². The minimum Gasteiger partial charge on any atom is -0.436 e. The van der Waals surface area contributed by atoms with E-state index in [1.54, 1.807) is 24.3 Å². The number of hydrogen-bond acceptors (Lipinski definition) is 6. The Bertz CT molecular complexity index is 1060. The van der Waals surface area contributed by atoms with Crippen molar-refractivity contribution in [3.63, 3.8) is 0 Å². The van der Waals surface area contributed by atoms with Crippen LogP contribution in [0.25, 0.3) is 22.6 Å². The lowest BCUT2D eigenvalue weighted by molar-refractivity contribution is 0.589. The van der Waals surface area contributed by atoms with Gasteiger partial charge in [0, 0.05) is 5.56 Å². The van der Waals surface area contributed by atoms with E-state index in [2.05, 4.69) is 48.4 Å². The van der Waals surface area contributed by atoms with Gasteiger partial charge in [-0.1, -0.05) is 32.9 Å². The number of rotatable bonds is 4. The quantitative estimate of drug-likeness (QED) is 0.368. The summed E-state index contributed by atoms with van der Waals surface area (Å²) in [4.78, 5) is 4.53. The fourth-order valence-corrected chi connectivity index (χ4v) is 2.50. The topological polar surface area (TPSA) is 124 Å². The van der Waals surface area contributed by atoms with Crippen LogP contribution in [0.3, 0.4) is 0 Å². The van der Waals surface area contributed by atoms with Crippen LogP contribution in [0.2, 0.25) is 0 Å². The van der Waals surface area contributed by atoms with Gasteiger partial charge in [-0.2, -0.15) is 10.4 Å². The highest BCUT2D eigenvalue weighted by Crippen LogP contribution is 2.29. The average molecular weight is 360 g/mol. The molecule has 0 saturated heterocycles. The molecule has 0 aliphatic carbocycles. The summed E-state index contributed by atoms with van der Waals surface area (Å²) in [5, 5.41) is 19.9. The van der Waals surface area contributed by atoms with Crippen LogP contribution < -0.4 is 11.2 Å². The third-order valence-electron chi connectivity index (χ3n) is 4.04. The van der Waals surface area contributed by atoms with Crippen LogP contribution in [0.1, 0.15) is 26.3 Å². The molecule has 2 aromatic carbocycles. The van der Waals surface area contributed by atoms with Gasteiger partial charge in [0.15, 0.2) is 11.4 Å². The maximum absolute atomic E-state index is 8.88. The van der Waals surface area contributed by atoms with Crippen LogP contribution in [-0.2, 0) is 5.41 Å². The number of hydrazone groups is 1. The summed E-state index contributed by atoms with van der Waals surface area (Å²) < 4.78 is 5.84. The largest absolute Gasteiger partial charge is 0.436 e. The molecule has 7 nitrogen and oxygen atoms in total. The molecule has 1 aromatic heterocycles. The number of oxazole rings is 1. The maximum Gasteiger partial charge on any atom is 0.227 e. The van der Waals surface area contributed by atoms with Crippen LogP contribution in [0.4, 0.5) is 5.69 Å². The highest BCUT2D eigenvalue weighted by molar-refractivity contribution is 6.45. The van der Waals surface area contributed by atoms with Gasteiger partial charge in [0.05, 0.1) is 5.69 Å². The first-order valence-electron chi connectivity index (χ1n) is 8.37. The molecule has 0 atom stereocenters. The number of nitrogens with one attached hydrogen (secondary N) is 2. The Hall–Kier alpha value is -3.66. The van der Waals surface area contributed by atoms with Gasteiger partial charge in [-0.05, 0) is 41.3 Å². The van der Waals surface area contributed by atoms with Crippen LogP contribution in [-0.4, -0.2) is 16.5 Å². The Balaban J connectivity index is 1.88. The lowest BCUT2D eigenvalue weighted by atomic mass is 9.87. The van der Waals surface area contributed by atoms with Gasteiger partial charge < -0.3 is 10.2 Å². The summed E-state index contributed by atoms with van der Waals surface area (Å²) in [6, 6.07) is 15.2. The smallest absolute Gasteiger partial charge is 0.227 e. The molecule has 0 saturated carbocycles. The second-order valence-electron chi connectivity index (χ2n) is 7.13. The second kappa shape index (κ2) is 6.92. The molecule has 1 heterocycles. The summed E-state index contributed by atoms with van der Waals surface area (Å²) >= 11 is 0. The van der Waals surface area contributed by atoms with Gasteiger partial charge in [-0.25, -0.2) is 4.98 Å². The standard InChI is InChI=1S/C20H20N6O/c1-20(2,3)13-6-4-12(5-7-13)19-24-15-10-14(8-9-17(15)27-19)25-26-16(11-21)18(22)23/h4-10,25H,1-3H3,(H3,22,23)/b26-16+. The number of nitrogens with zero attached hydrogens (tertiary/aromatic N) is 3. The monoisotopic (exact) mass is 360 g/mol. The van der Waals surface area contributed by atoms with Crippen molar-refractivity contribution in [3.8, 4) is 17.5 Å². The van der Waals surface area contributed by atoms with E-state index in [0.29, 0.717) is 22.7 Å². The van der Waals surface area contributed by atoms with Gasteiger partial charge in [0.1, 0.15) is 11.6 Å². The van der Waals surface area contributed by atoms with Crippen molar-refractivity contribution in [2.24, 2.45) is 10.8 Å². The zero-order valence-electron chi connectivity index (χ0n) is 15.4. The van der Waals surface area contributed by atoms with Crippen molar-refractivity contribution in [1.82, 2.24) is 4.98 Å². The summed E-state index contributed by atoms with van der Waals surface area (Å²) in [7, 11) is 0. The van der Waals surface area contributed by atoms with Gasteiger partial charge in [-0.15, -0.1) is 0 Å². The Kier molecular flexibility index (Phi) is 4.65. The molecule has 136 valence electrons. The van der Waals surface area contributed by atoms with E-state index >= 15 is 0 Å². The Morgan fingerprint density at radius 3 is 2.52 bits per heavy atom. The first-order chi connectivity index (χ1) is 12.8. The van der Waals surface area contributed by atoms with E-state index in [1.165, 1.54) is 5.56 Å². The third kappa shape index (κ3) is 3.96. The van der Waals surface area contributed by atoms with Gasteiger partial charge in [0.2, 0.25) is 11.6 Å². The van der Waals surface area contributed by atoms with E-state index in [1.807, 2.05) is 12.1 Å². The minimum absolute atomic E-state index is 0.0864. The number of benzene rings is 2. The molecule has 27 heavy (non-hydrogen) atoms. The molecule has 0 bridgehead atoms. The van der Waals surface area contributed by atoms with Crippen molar-refractivity contribution in [1.29, 1.82) is 10.7 Å². The zero-order valence-corrected chi connectivity index (χ0v) is 15.4. The van der Waals surface area contributed by atoms with Gasteiger partial charge in [0.25, 0.3) is 0 Å². The molecule has 4 N–H and O–H groups in total. The molecule has 3 aromatic rings. The Labute approximate surface area is 157 Å². The van der Waals surface area contributed by atoms with Crippen molar-refractivity contribution >= 4 is 28.3 Å². The molecule has 0 aliphatic rings. The molecule has 0 spiro atoms. The molecule has 0 unspecified atom stereocenters. The molecular formula is C20H20N6O. The predicted octanol–water partition coefficient (Wildman–Crippen LogP) is 4.02. The third-order valence-corrected chi connectivity index (χ3v) is 4.04. The van der Waals surface area contributed by atoms with Gasteiger partial charge >= 0.3 is 0 Å². The normalized spacial score (nSPS) is 12.0. The Morgan fingerprint density at radius 1 is 1.22 bits per heavy atom. The van der Waals surface area contributed by atoms with Crippen LogP contribution in [0.5, 0.6) is 0 Å². The summed E-state index contributed by atoms with van der Waals surface area (Å²) in [6.45, 7) is 6.51. The SMILES string of the molecule is CC(C)(C)c1ccc(-c2nc3cc(N/N=C(\C#N)C(=N)N)ccc3o2)cc1. The van der Waals surface area contributed by atoms with Crippen molar-refractivity contribution in [3.05, 3.63) is 48.0 Å². The number of anilines is 1.